The topological polar surface area (TPSA) is 95.6 Å². The van der Waals surface area contributed by atoms with E-state index in [1.165, 1.54) is 6.33 Å². The molecule has 0 unspecified atom stereocenters. The van der Waals surface area contributed by atoms with Gasteiger partial charge in [0.25, 0.3) is 0 Å². The van der Waals surface area contributed by atoms with Gasteiger partial charge in [0.1, 0.15) is 12.1 Å². The molecule has 8 heteroatoms. The summed E-state index contributed by atoms with van der Waals surface area (Å²) in [6.45, 7) is 4.67. The van der Waals surface area contributed by atoms with Gasteiger partial charge in [-0.1, -0.05) is 30.7 Å². The molecule has 2 heterocycles. The van der Waals surface area contributed by atoms with Crippen molar-refractivity contribution in [2.75, 3.05) is 31.1 Å². The minimum atomic E-state index is -0.568. The van der Waals surface area contributed by atoms with Gasteiger partial charge in [0.2, 0.25) is 5.91 Å². The largest absolute Gasteiger partial charge is 0.387 e. The Morgan fingerprint density at radius 2 is 1.93 bits per heavy atom. The fraction of sp³-hybridized carbons (Fsp3) is 0.476. The average Bonchev–Trinajstić information content (AvgIpc) is 3.03. The van der Waals surface area contributed by atoms with Crippen LogP contribution in [0.2, 0.25) is 5.02 Å². The maximum atomic E-state index is 12.8. The molecule has 29 heavy (non-hydrogen) atoms. The van der Waals surface area contributed by atoms with Crippen LogP contribution < -0.4 is 10.6 Å². The van der Waals surface area contributed by atoms with Crippen molar-refractivity contribution in [2.24, 2.45) is 5.73 Å². The minimum Gasteiger partial charge on any atom is -0.387 e. The van der Waals surface area contributed by atoms with Gasteiger partial charge in [0.05, 0.1) is 17.8 Å². The summed E-state index contributed by atoms with van der Waals surface area (Å²) in [5.41, 5.74) is 8.97. The number of hydrogen-bond donors (Lipinski definition) is 2. The van der Waals surface area contributed by atoms with Gasteiger partial charge in [-0.25, -0.2) is 9.97 Å². The Hall–Kier alpha value is -2.22. The van der Waals surface area contributed by atoms with Gasteiger partial charge in [0, 0.05) is 36.8 Å². The van der Waals surface area contributed by atoms with Gasteiger partial charge in [-0.3, -0.25) is 4.79 Å². The zero-order valence-electron chi connectivity index (χ0n) is 16.5. The van der Waals surface area contributed by atoms with Crippen LogP contribution in [-0.2, 0) is 11.2 Å². The molecule has 7 nitrogen and oxygen atoms in total. The Labute approximate surface area is 175 Å². The maximum absolute atomic E-state index is 12.8. The Bertz CT molecular complexity index is 883. The van der Waals surface area contributed by atoms with E-state index in [2.05, 4.69) is 21.8 Å². The highest BCUT2D eigenvalue weighted by atomic mass is 35.5. The fourth-order valence-corrected chi connectivity index (χ4v) is 4.42. The van der Waals surface area contributed by atoms with Crippen LogP contribution in [0.15, 0.2) is 30.6 Å². The number of hydrogen-bond acceptors (Lipinski definition) is 6. The van der Waals surface area contributed by atoms with Gasteiger partial charge in [-0.2, -0.15) is 0 Å². The second-order valence-electron chi connectivity index (χ2n) is 7.90. The highest BCUT2D eigenvalue weighted by Gasteiger charge is 2.34. The van der Waals surface area contributed by atoms with Crippen molar-refractivity contribution in [1.29, 1.82) is 0 Å². The second-order valence-corrected chi connectivity index (χ2v) is 8.33. The van der Waals surface area contributed by atoms with Crippen LogP contribution in [0.4, 0.5) is 5.82 Å². The standard InChI is InChI=1S/C21H26ClN5O2/c1-13-10-17(28)19-18(13)20(25-12-24-19)26-6-8-27(9-7-26)21(29)16(23)11-14-2-4-15(22)5-3-14/h2-5,12-13,16-17,28H,6-11,23H2,1H3/t13-,16-,17+/m1/s1. The number of carbonyl (C=O) groups excluding carboxylic acids is 1. The summed E-state index contributed by atoms with van der Waals surface area (Å²) in [4.78, 5) is 25.6. The summed E-state index contributed by atoms with van der Waals surface area (Å²) in [5, 5.41) is 10.9. The molecule has 1 aromatic heterocycles. The number of halogens is 1. The van der Waals surface area contributed by atoms with Crippen LogP contribution in [0.3, 0.4) is 0 Å². The molecule has 2 aliphatic rings. The van der Waals surface area contributed by atoms with E-state index in [1.807, 2.05) is 29.2 Å². The van der Waals surface area contributed by atoms with Crippen LogP contribution in [0.1, 0.15) is 42.2 Å². The number of aromatic nitrogens is 2. The Morgan fingerprint density at radius 3 is 2.62 bits per heavy atom. The molecule has 3 atom stereocenters. The van der Waals surface area contributed by atoms with Crippen molar-refractivity contribution in [3.05, 3.63) is 52.4 Å². The molecule has 0 radical (unpaired) electrons. The van der Waals surface area contributed by atoms with Crippen LogP contribution in [-0.4, -0.2) is 58.1 Å². The molecule has 2 aromatic rings. The van der Waals surface area contributed by atoms with E-state index in [0.717, 1.165) is 22.6 Å². The molecule has 154 valence electrons. The molecular formula is C21H26ClN5O2. The minimum absolute atomic E-state index is 0.0312. The first kappa shape index (κ1) is 20.1. The number of rotatable bonds is 4. The van der Waals surface area contributed by atoms with E-state index in [1.54, 1.807) is 0 Å². The SMILES string of the molecule is C[C@@H]1C[C@H](O)c2ncnc(N3CCN(C(=O)[C@H](N)Cc4ccc(Cl)cc4)CC3)c21. The summed E-state index contributed by atoms with van der Waals surface area (Å²) in [6, 6.07) is 6.86. The lowest BCUT2D eigenvalue weighted by atomic mass is 10.0. The van der Waals surface area contributed by atoms with Gasteiger partial charge in [-0.15, -0.1) is 0 Å². The average molecular weight is 416 g/mol. The van der Waals surface area contributed by atoms with Crippen molar-refractivity contribution >= 4 is 23.3 Å². The number of anilines is 1. The summed E-state index contributed by atoms with van der Waals surface area (Å²) in [5.74, 6) is 1.08. The second kappa shape index (κ2) is 8.26. The number of benzene rings is 1. The Kier molecular flexibility index (Phi) is 5.72. The third-order valence-corrected chi connectivity index (χ3v) is 6.11. The van der Waals surface area contributed by atoms with Crippen molar-refractivity contribution in [1.82, 2.24) is 14.9 Å². The zero-order valence-corrected chi connectivity index (χ0v) is 17.2. The van der Waals surface area contributed by atoms with E-state index in [4.69, 9.17) is 17.3 Å². The van der Waals surface area contributed by atoms with Gasteiger partial charge < -0.3 is 20.6 Å². The van der Waals surface area contributed by atoms with Gasteiger partial charge in [-0.05, 0) is 36.5 Å². The number of carbonyl (C=O) groups is 1. The van der Waals surface area contributed by atoms with Crippen LogP contribution in [0.5, 0.6) is 0 Å². The number of nitrogens with zero attached hydrogens (tertiary/aromatic N) is 4. The molecule has 0 bridgehead atoms. The highest BCUT2D eigenvalue weighted by molar-refractivity contribution is 6.30. The van der Waals surface area contributed by atoms with E-state index in [-0.39, 0.29) is 11.8 Å². The predicted octanol–water partition coefficient (Wildman–Crippen LogP) is 1.89. The molecule has 3 N–H and O–H groups in total. The maximum Gasteiger partial charge on any atom is 0.239 e. The molecule has 1 aliphatic heterocycles. The molecule has 1 saturated heterocycles. The number of nitrogens with two attached hydrogens (primary N) is 1. The smallest absolute Gasteiger partial charge is 0.239 e. The van der Waals surface area contributed by atoms with E-state index in [9.17, 15) is 9.90 Å². The summed E-state index contributed by atoms with van der Waals surface area (Å²) < 4.78 is 0. The lowest BCUT2D eigenvalue weighted by Gasteiger charge is -2.37. The zero-order chi connectivity index (χ0) is 20.5. The number of aliphatic hydroxyl groups is 1. The lowest BCUT2D eigenvalue weighted by Crippen LogP contribution is -2.54. The number of fused-ring (bicyclic) bond motifs is 1. The summed E-state index contributed by atoms with van der Waals surface area (Å²) in [6.07, 6.45) is 2.18. The van der Waals surface area contributed by atoms with Crippen LogP contribution in [0.25, 0.3) is 0 Å². The molecule has 1 amide bonds. The van der Waals surface area contributed by atoms with Gasteiger partial charge in [0.15, 0.2) is 0 Å². The van der Waals surface area contributed by atoms with E-state index in [0.29, 0.717) is 44.0 Å². The van der Waals surface area contributed by atoms with Crippen molar-refractivity contribution in [3.63, 3.8) is 0 Å². The molecular weight excluding hydrogens is 390 g/mol. The van der Waals surface area contributed by atoms with Gasteiger partial charge >= 0.3 is 0 Å². The first-order valence-electron chi connectivity index (χ1n) is 10.0. The molecule has 1 aromatic carbocycles. The first-order chi connectivity index (χ1) is 13.9. The molecule has 1 fully saturated rings. The predicted molar refractivity (Wildman–Crippen MR) is 112 cm³/mol. The van der Waals surface area contributed by atoms with Crippen molar-refractivity contribution in [2.45, 2.75) is 37.8 Å². The molecule has 1 aliphatic carbocycles. The first-order valence-corrected chi connectivity index (χ1v) is 10.4. The quantitative estimate of drug-likeness (QED) is 0.791. The van der Waals surface area contributed by atoms with E-state index >= 15 is 0 Å². The third kappa shape index (κ3) is 4.08. The summed E-state index contributed by atoms with van der Waals surface area (Å²) in [7, 11) is 0. The fourth-order valence-electron chi connectivity index (χ4n) is 4.29. The Morgan fingerprint density at radius 1 is 1.24 bits per heavy atom. The normalized spacial score (nSPS) is 22.5. The highest BCUT2D eigenvalue weighted by Crippen LogP contribution is 2.42. The van der Waals surface area contributed by atoms with Crippen molar-refractivity contribution in [3.8, 4) is 0 Å². The molecule has 4 rings (SSSR count). The van der Waals surface area contributed by atoms with Crippen LogP contribution in [0, 0.1) is 0 Å². The van der Waals surface area contributed by atoms with Crippen molar-refractivity contribution < 1.29 is 9.90 Å². The lowest BCUT2D eigenvalue weighted by molar-refractivity contribution is -0.132. The molecule has 0 spiro atoms. The van der Waals surface area contributed by atoms with Crippen LogP contribution >= 0.6 is 11.6 Å². The Balaban J connectivity index is 1.38. The summed E-state index contributed by atoms with van der Waals surface area (Å²) >= 11 is 5.91. The van der Waals surface area contributed by atoms with E-state index < -0.39 is 12.1 Å². The third-order valence-electron chi connectivity index (χ3n) is 5.86. The monoisotopic (exact) mass is 415 g/mol. The number of aliphatic hydroxyl groups excluding tert-OH is 1. The number of piperazine rings is 1. The number of amides is 1. The molecule has 0 saturated carbocycles.